The Morgan fingerprint density at radius 3 is 2.83 bits per heavy atom. The molecule has 0 saturated heterocycles. The van der Waals surface area contributed by atoms with Gasteiger partial charge in [0.05, 0.1) is 6.61 Å². The van der Waals surface area contributed by atoms with E-state index < -0.39 is 11.2 Å². The van der Waals surface area contributed by atoms with Crippen LogP contribution in [0.5, 0.6) is 5.75 Å². The Labute approximate surface area is 108 Å². The molecule has 0 atom stereocenters. The molecule has 1 amide bonds. The second-order valence-corrected chi connectivity index (χ2v) is 4.39. The summed E-state index contributed by atoms with van der Waals surface area (Å²) < 4.78 is 6.41. The zero-order valence-corrected chi connectivity index (χ0v) is 10.6. The molecular formula is C11H13ClN2O4. The minimum atomic E-state index is -0.718. The monoisotopic (exact) mass is 272 g/mol. The summed E-state index contributed by atoms with van der Waals surface area (Å²) in [5.41, 5.74) is -0.725. The van der Waals surface area contributed by atoms with Gasteiger partial charge in [-0.1, -0.05) is 11.6 Å². The lowest BCUT2D eigenvalue weighted by atomic mass is 10.2. The third-order valence-corrected chi connectivity index (χ3v) is 3.15. The Kier molecular flexibility index (Phi) is 3.58. The van der Waals surface area contributed by atoms with Crippen LogP contribution in [0.2, 0.25) is 5.02 Å². The highest BCUT2D eigenvalue weighted by Gasteiger charge is 2.28. The number of fused-ring (bicyclic) bond motifs is 1. The van der Waals surface area contributed by atoms with Gasteiger partial charge < -0.3 is 19.3 Å². The SMILES string of the molecule is COCCN1CCn2cc(Cl)c(=O)c(O)c2C1=O. The van der Waals surface area contributed by atoms with E-state index in [0.29, 0.717) is 26.2 Å². The van der Waals surface area contributed by atoms with Crippen molar-refractivity contribution in [2.24, 2.45) is 0 Å². The van der Waals surface area contributed by atoms with E-state index >= 15 is 0 Å². The molecule has 1 aromatic heterocycles. The van der Waals surface area contributed by atoms with Crippen LogP contribution in [-0.2, 0) is 11.3 Å². The maximum atomic E-state index is 12.1. The molecule has 1 aliphatic rings. The summed E-state index contributed by atoms with van der Waals surface area (Å²) in [4.78, 5) is 25.2. The molecule has 0 unspecified atom stereocenters. The highest BCUT2D eigenvalue weighted by molar-refractivity contribution is 6.30. The minimum Gasteiger partial charge on any atom is -0.503 e. The molecule has 6 nitrogen and oxygen atoms in total. The summed E-state index contributed by atoms with van der Waals surface area (Å²) in [6, 6.07) is 0. The van der Waals surface area contributed by atoms with Crippen molar-refractivity contribution >= 4 is 17.5 Å². The van der Waals surface area contributed by atoms with Crippen LogP contribution < -0.4 is 5.43 Å². The van der Waals surface area contributed by atoms with Crippen molar-refractivity contribution in [3.8, 4) is 5.75 Å². The van der Waals surface area contributed by atoms with Crippen LogP contribution in [0.25, 0.3) is 0 Å². The summed E-state index contributed by atoms with van der Waals surface area (Å²) in [5.74, 6) is -0.973. The maximum absolute atomic E-state index is 12.1. The summed E-state index contributed by atoms with van der Waals surface area (Å²) in [7, 11) is 1.55. The molecule has 1 aromatic rings. The van der Waals surface area contributed by atoms with Crippen molar-refractivity contribution in [1.29, 1.82) is 0 Å². The number of nitrogens with zero attached hydrogens (tertiary/aromatic N) is 2. The Bertz CT molecular complexity index is 541. The minimum absolute atomic E-state index is 0.00764. The Morgan fingerprint density at radius 1 is 1.44 bits per heavy atom. The molecule has 0 radical (unpaired) electrons. The number of aromatic hydroxyl groups is 1. The van der Waals surface area contributed by atoms with E-state index in [1.165, 1.54) is 15.7 Å². The van der Waals surface area contributed by atoms with Crippen LogP contribution in [-0.4, -0.2) is 47.3 Å². The molecule has 0 aromatic carbocycles. The molecule has 0 fully saturated rings. The number of amides is 1. The van der Waals surface area contributed by atoms with Gasteiger partial charge in [-0.25, -0.2) is 0 Å². The quantitative estimate of drug-likeness (QED) is 0.860. The Balaban J connectivity index is 2.40. The number of rotatable bonds is 3. The topological polar surface area (TPSA) is 71.8 Å². The van der Waals surface area contributed by atoms with Gasteiger partial charge in [0.1, 0.15) is 5.02 Å². The lowest BCUT2D eigenvalue weighted by Gasteiger charge is -2.30. The number of hydrogen-bond acceptors (Lipinski definition) is 4. The second-order valence-electron chi connectivity index (χ2n) is 3.98. The van der Waals surface area contributed by atoms with E-state index in [9.17, 15) is 14.7 Å². The third kappa shape index (κ3) is 2.09. The van der Waals surface area contributed by atoms with Crippen LogP contribution in [0.15, 0.2) is 11.0 Å². The standard InChI is InChI=1S/C11H13ClN2O4/c1-18-5-4-13-2-3-14-6-7(12)9(15)10(16)8(14)11(13)17/h6,16H,2-5H2,1H3. The number of ether oxygens (including phenoxy) is 1. The van der Waals surface area contributed by atoms with Gasteiger partial charge in [0, 0.05) is 32.9 Å². The average Bonchev–Trinajstić information content (AvgIpc) is 2.35. The van der Waals surface area contributed by atoms with Crippen LogP contribution >= 0.6 is 11.6 Å². The number of aromatic nitrogens is 1. The smallest absolute Gasteiger partial charge is 0.274 e. The average molecular weight is 273 g/mol. The lowest BCUT2D eigenvalue weighted by molar-refractivity contribution is 0.0634. The van der Waals surface area contributed by atoms with Gasteiger partial charge in [-0.2, -0.15) is 0 Å². The van der Waals surface area contributed by atoms with Gasteiger partial charge in [-0.05, 0) is 0 Å². The van der Waals surface area contributed by atoms with Gasteiger partial charge in [0.25, 0.3) is 5.91 Å². The maximum Gasteiger partial charge on any atom is 0.274 e. The van der Waals surface area contributed by atoms with Gasteiger partial charge in [0.2, 0.25) is 5.43 Å². The first kappa shape index (κ1) is 12.9. The fourth-order valence-corrected chi connectivity index (χ4v) is 2.12. The number of hydrogen-bond donors (Lipinski definition) is 1. The van der Waals surface area contributed by atoms with Gasteiger partial charge in [-0.3, -0.25) is 9.59 Å². The predicted molar refractivity (Wildman–Crippen MR) is 65.2 cm³/mol. The number of pyridine rings is 1. The van der Waals surface area contributed by atoms with Crippen molar-refractivity contribution in [2.45, 2.75) is 6.54 Å². The van der Waals surface area contributed by atoms with Gasteiger partial charge in [0.15, 0.2) is 11.4 Å². The lowest BCUT2D eigenvalue weighted by Crippen LogP contribution is -2.43. The highest BCUT2D eigenvalue weighted by Crippen LogP contribution is 2.21. The van der Waals surface area contributed by atoms with Crippen molar-refractivity contribution in [1.82, 2.24) is 9.47 Å². The fourth-order valence-electron chi connectivity index (χ4n) is 1.91. The molecule has 0 bridgehead atoms. The summed E-state index contributed by atoms with van der Waals surface area (Å²) >= 11 is 5.68. The van der Waals surface area contributed by atoms with E-state index in [4.69, 9.17) is 16.3 Å². The predicted octanol–water partition coefficient (Wildman–Crippen LogP) is 0.309. The van der Waals surface area contributed by atoms with Crippen molar-refractivity contribution in [2.75, 3.05) is 26.8 Å². The molecule has 2 heterocycles. The van der Waals surface area contributed by atoms with E-state index in [2.05, 4.69) is 0 Å². The molecule has 0 saturated carbocycles. The number of carbonyl (C=O) groups is 1. The van der Waals surface area contributed by atoms with E-state index in [1.54, 1.807) is 7.11 Å². The Hall–Kier alpha value is -1.53. The fraction of sp³-hybridized carbons (Fsp3) is 0.455. The molecule has 1 aliphatic heterocycles. The van der Waals surface area contributed by atoms with E-state index in [0.717, 1.165) is 0 Å². The molecule has 98 valence electrons. The highest BCUT2D eigenvalue weighted by atomic mass is 35.5. The molecule has 2 rings (SSSR count). The van der Waals surface area contributed by atoms with E-state index in [1.807, 2.05) is 0 Å². The molecule has 0 aliphatic carbocycles. The van der Waals surface area contributed by atoms with Crippen molar-refractivity contribution in [3.05, 3.63) is 27.1 Å². The summed E-state index contributed by atoms with van der Waals surface area (Å²) in [6.45, 7) is 1.81. The number of halogens is 1. The number of carbonyl (C=O) groups excluding carboxylic acids is 1. The first-order chi connectivity index (χ1) is 8.56. The van der Waals surface area contributed by atoms with Gasteiger partial charge >= 0.3 is 0 Å². The first-order valence-corrected chi connectivity index (χ1v) is 5.84. The molecular weight excluding hydrogens is 260 g/mol. The third-order valence-electron chi connectivity index (χ3n) is 2.88. The van der Waals surface area contributed by atoms with Crippen LogP contribution in [0.4, 0.5) is 0 Å². The van der Waals surface area contributed by atoms with E-state index in [-0.39, 0.29) is 16.6 Å². The second kappa shape index (κ2) is 4.99. The largest absolute Gasteiger partial charge is 0.503 e. The number of methoxy groups -OCH3 is 1. The molecule has 0 spiro atoms. The molecule has 18 heavy (non-hydrogen) atoms. The van der Waals surface area contributed by atoms with Gasteiger partial charge in [-0.15, -0.1) is 0 Å². The Morgan fingerprint density at radius 2 is 2.17 bits per heavy atom. The zero-order chi connectivity index (χ0) is 13.3. The normalized spacial score (nSPS) is 14.8. The summed E-state index contributed by atoms with van der Waals surface area (Å²) in [6.07, 6.45) is 1.38. The van der Waals surface area contributed by atoms with Crippen molar-refractivity contribution < 1.29 is 14.6 Å². The molecule has 7 heteroatoms. The van der Waals surface area contributed by atoms with Crippen LogP contribution in [0.1, 0.15) is 10.5 Å². The van der Waals surface area contributed by atoms with Crippen molar-refractivity contribution in [3.63, 3.8) is 0 Å². The summed E-state index contributed by atoms with van der Waals surface area (Å²) in [5, 5.41) is 9.65. The molecule has 1 N–H and O–H groups in total. The van der Waals surface area contributed by atoms with Crippen LogP contribution in [0, 0.1) is 0 Å². The first-order valence-electron chi connectivity index (χ1n) is 5.46. The van der Waals surface area contributed by atoms with Crippen LogP contribution in [0.3, 0.4) is 0 Å². The zero-order valence-electron chi connectivity index (χ0n) is 9.85.